The topological polar surface area (TPSA) is 48.1 Å². The lowest BCUT2D eigenvalue weighted by Gasteiger charge is -2.41. The van der Waals surface area contributed by atoms with Crippen LogP contribution in [0.5, 0.6) is 0 Å². The Balaban J connectivity index is 2.74. The Kier molecular flexibility index (Phi) is 8.16. The number of esters is 1. The number of rotatable bonds is 11. The molecule has 3 unspecified atom stereocenters. The molecule has 3 atom stereocenters. The van der Waals surface area contributed by atoms with Crippen molar-refractivity contribution in [3.05, 3.63) is 0 Å². The van der Waals surface area contributed by atoms with Crippen molar-refractivity contribution >= 4 is 5.97 Å². The quantitative estimate of drug-likeness (QED) is 0.362. The average molecular weight is 371 g/mol. The van der Waals surface area contributed by atoms with Crippen LogP contribution in [-0.2, 0) is 19.0 Å². The first-order valence-electron chi connectivity index (χ1n) is 10.3. The summed E-state index contributed by atoms with van der Waals surface area (Å²) in [6.45, 7) is 20.0. The van der Waals surface area contributed by atoms with E-state index in [1.54, 1.807) is 0 Å². The minimum absolute atomic E-state index is 0.0506. The van der Waals surface area contributed by atoms with Crippen LogP contribution in [0.1, 0.15) is 88.0 Å². The van der Waals surface area contributed by atoms with Crippen molar-refractivity contribution in [1.82, 2.24) is 0 Å². The predicted octanol–water partition coefficient (Wildman–Crippen LogP) is 5.38. The second-order valence-corrected chi connectivity index (χ2v) is 10.2. The van der Waals surface area contributed by atoms with E-state index >= 15 is 0 Å². The van der Waals surface area contributed by atoms with Gasteiger partial charge in [0.2, 0.25) is 0 Å². The van der Waals surface area contributed by atoms with Crippen molar-refractivity contribution in [2.45, 2.75) is 106 Å². The number of unbranched alkanes of at least 4 members (excludes halogenated alkanes) is 1. The van der Waals surface area contributed by atoms with Crippen LogP contribution >= 0.6 is 0 Å². The van der Waals surface area contributed by atoms with Gasteiger partial charge in [0.15, 0.2) is 0 Å². The van der Waals surface area contributed by atoms with Crippen molar-refractivity contribution in [3.63, 3.8) is 0 Å². The third-order valence-corrected chi connectivity index (χ3v) is 5.68. The molecule has 1 fully saturated rings. The van der Waals surface area contributed by atoms with E-state index < -0.39 is 5.41 Å². The van der Waals surface area contributed by atoms with Crippen molar-refractivity contribution < 1.29 is 19.0 Å². The summed E-state index contributed by atoms with van der Waals surface area (Å²) >= 11 is 0. The molecule has 4 heteroatoms. The maximum Gasteiger partial charge on any atom is 0.312 e. The largest absolute Gasteiger partial charge is 0.462 e. The Labute approximate surface area is 161 Å². The monoisotopic (exact) mass is 370 g/mol. The number of hydrogen-bond acceptors (Lipinski definition) is 4. The molecule has 4 nitrogen and oxygen atoms in total. The van der Waals surface area contributed by atoms with Crippen molar-refractivity contribution in [2.24, 2.45) is 16.7 Å². The highest BCUT2D eigenvalue weighted by Gasteiger charge is 2.47. The Morgan fingerprint density at radius 1 is 1.15 bits per heavy atom. The lowest BCUT2D eigenvalue weighted by molar-refractivity contribution is -0.173. The summed E-state index contributed by atoms with van der Waals surface area (Å²) < 4.78 is 17.6. The van der Waals surface area contributed by atoms with Crippen LogP contribution in [0.3, 0.4) is 0 Å². The first-order chi connectivity index (χ1) is 11.8. The third-order valence-electron chi connectivity index (χ3n) is 5.68. The number of ether oxygens (including phenoxy) is 3. The Bertz CT molecular complexity index is 446. The molecule has 0 radical (unpaired) electrons. The summed E-state index contributed by atoms with van der Waals surface area (Å²) in [5, 5.41) is 0. The molecule has 1 rings (SSSR count). The Hall–Kier alpha value is -0.610. The first-order valence-corrected chi connectivity index (χ1v) is 10.3. The minimum Gasteiger partial charge on any atom is -0.462 e. The smallest absolute Gasteiger partial charge is 0.312 e. The van der Waals surface area contributed by atoms with Crippen LogP contribution in [0.2, 0.25) is 0 Å². The molecular formula is C22H42O4. The summed E-state index contributed by atoms with van der Waals surface area (Å²) in [4.78, 5) is 13.0. The highest BCUT2D eigenvalue weighted by atomic mass is 16.6. The van der Waals surface area contributed by atoms with Gasteiger partial charge in [-0.3, -0.25) is 4.79 Å². The van der Waals surface area contributed by atoms with Crippen molar-refractivity contribution in [3.8, 4) is 0 Å². The van der Waals surface area contributed by atoms with Crippen LogP contribution < -0.4 is 0 Å². The number of carbonyl (C=O) groups excluding carboxylic acids is 1. The average Bonchev–Trinajstić information content (AvgIpc) is 3.31. The van der Waals surface area contributed by atoms with Gasteiger partial charge in [0, 0.05) is 0 Å². The van der Waals surface area contributed by atoms with Crippen molar-refractivity contribution in [2.75, 3.05) is 13.2 Å². The molecule has 0 N–H and O–H groups in total. The molecule has 0 aliphatic carbocycles. The second kappa shape index (κ2) is 9.05. The number of carbonyl (C=O) groups is 1. The molecule has 0 saturated carbocycles. The zero-order valence-electron chi connectivity index (χ0n) is 18.6. The summed E-state index contributed by atoms with van der Waals surface area (Å²) in [6.07, 6.45) is 3.94. The van der Waals surface area contributed by atoms with Gasteiger partial charge in [-0.15, -0.1) is 0 Å². The van der Waals surface area contributed by atoms with Gasteiger partial charge in [0.1, 0.15) is 18.8 Å². The van der Waals surface area contributed by atoms with Crippen LogP contribution in [0.25, 0.3) is 0 Å². The maximum absolute atomic E-state index is 13.0. The Morgan fingerprint density at radius 3 is 2.15 bits per heavy atom. The summed E-state index contributed by atoms with van der Waals surface area (Å²) in [7, 11) is 0. The lowest BCUT2D eigenvalue weighted by Crippen LogP contribution is -2.44. The molecule has 1 saturated heterocycles. The highest BCUT2D eigenvalue weighted by molar-refractivity contribution is 5.77. The fraction of sp³-hybridized carbons (Fsp3) is 0.955. The second-order valence-electron chi connectivity index (χ2n) is 10.2. The zero-order chi connectivity index (χ0) is 20.2. The minimum atomic E-state index is -0.520. The molecule has 1 aliphatic heterocycles. The standard InChI is InChI=1S/C22H42O4/c1-10-11-12-21(7,8)26-18(17-14-24-17)15-25-19(23)22(9,13-16(2)3)20(4,5)6/h16-18H,10-15H2,1-9H3. The molecule has 26 heavy (non-hydrogen) atoms. The summed E-state index contributed by atoms with van der Waals surface area (Å²) in [5.41, 5.74) is -0.917. The van der Waals surface area contributed by atoms with E-state index in [4.69, 9.17) is 14.2 Å². The molecule has 1 heterocycles. The molecular weight excluding hydrogens is 328 g/mol. The molecule has 0 aromatic heterocycles. The van der Waals surface area contributed by atoms with E-state index in [-0.39, 0.29) is 35.8 Å². The highest BCUT2D eigenvalue weighted by Crippen LogP contribution is 2.44. The van der Waals surface area contributed by atoms with Gasteiger partial charge in [-0.25, -0.2) is 0 Å². The van der Waals surface area contributed by atoms with E-state index in [9.17, 15) is 4.79 Å². The molecule has 0 spiro atoms. The molecule has 154 valence electrons. The van der Waals surface area contributed by atoms with Crippen LogP contribution in [0.4, 0.5) is 0 Å². The fourth-order valence-electron chi connectivity index (χ4n) is 3.39. The van der Waals surface area contributed by atoms with Gasteiger partial charge < -0.3 is 14.2 Å². The Morgan fingerprint density at radius 2 is 1.73 bits per heavy atom. The normalized spacial score (nSPS) is 21.4. The van der Waals surface area contributed by atoms with Gasteiger partial charge in [0.05, 0.1) is 17.6 Å². The molecule has 0 aromatic rings. The van der Waals surface area contributed by atoms with Gasteiger partial charge in [0.25, 0.3) is 0 Å². The number of epoxide rings is 1. The summed E-state index contributed by atoms with van der Waals surface area (Å²) in [5.74, 6) is 0.304. The fourth-order valence-corrected chi connectivity index (χ4v) is 3.39. The lowest BCUT2D eigenvalue weighted by atomic mass is 9.64. The SMILES string of the molecule is CCCCC(C)(C)OC(COC(=O)C(C)(CC(C)C)C(C)(C)C)C1CO1. The van der Waals surface area contributed by atoms with Gasteiger partial charge in [-0.2, -0.15) is 0 Å². The van der Waals surface area contributed by atoms with Crippen LogP contribution in [0, 0.1) is 16.7 Å². The van der Waals surface area contributed by atoms with Gasteiger partial charge in [-0.1, -0.05) is 54.4 Å². The first kappa shape index (κ1) is 23.4. The van der Waals surface area contributed by atoms with Crippen LogP contribution in [-0.4, -0.2) is 37.0 Å². The van der Waals surface area contributed by atoms with E-state index in [0.717, 1.165) is 25.7 Å². The van der Waals surface area contributed by atoms with E-state index in [1.807, 2.05) is 6.92 Å². The molecule has 0 amide bonds. The molecule has 0 aromatic carbocycles. The van der Waals surface area contributed by atoms with Crippen molar-refractivity contribution in [1.29, 1.82) is 0 Å². The van der Waals surface area contributed by atoms with Gasteiger partial charge in [-0.05, 0) is 44.9 Å². The molecule has 0 bridgehead atoms. The van der Waals surface area contributed by atoms with E-state index in [2.05, 4.69) is 55.4 Å². The summed E-state index contributed by atoms with van der Waals surface area (Å²) in [6, 6.07) is 0. The maximum atomic E-state index is 13.0. The number of hydrogen-bond donors (Lipinski definition) is 0. The molecule has 1 aliphatic rings. The van der Waals surface area contributed by atoms with E-state index in [1.165, 1.54) is 0 Å². The van der Waals surface area contributed by atoms with E-state index in [0.29, 0.717) is 12.5 Å². The predicted molar refractivity (Wildman–Crippen MR) is 106 cm³/mol. The van der Waals surface area contributed by atoms with Crippen LogP contribution in [0.15, 0.2) is 0 Å². The third kappa shape index (κ3) is 6.84. The zero-order valence-corrected chi connectivity index (χ0v) is 18.6. The van der Waals surface area contributed by atoms with Gasteiger partial charge >= 0.3 is 5.97 Å².